The lowest BCUT2D eigenvalue weighted by molar-refractivity contribution is -0.143. The first-order valence-corrected chi connectivity index (χ1v) is 29.3. The highest BCUT2D eigenvalue weighted by atomic mass is 16.5. The largest absolute Gasteiger partial charge is 0.466 e. The molecule has 0 aromatic rings. The van der Waals surface area contributed by atoms with Crippen molar-refractivity contribution in [3.63, 3.8) is 0 Å². The van der Waals surface area contributed by atoms with Crippen LogP contribution < -0.4 is 5.32 Å². The summed E-state index contributed by atoms with van der Waals surface area (Å²) in [4.78, 5) is 24.5. The molecule has 2 unspecified atom stereocenters. The Morgan fingerprint density at radius 3 is 1.08 bits per heavy atom. The van der Waals surface area contributed by atoms with Crippen molar-refractivity contribution in [2.24, 2.45) is 0 Å². The van der Waals surface area contributed by atoms with E-state index in [0.717, 1.165) is 51.4 Å². The maximum atomic E-state index is 12.4. The number of unbranched alkanes of at least 4 members (excludes halogenated alkanes) is 39. The Bertz CT molecular complexity index is 1070. The molecule has 0 spiro atoms. The fourth-order valence-corrected chi connectivity index (χ4v) is 8.86. The first-order valence-electron chi connectivity index (χ1n) is 29.3. The molecule has 6 nitrogen and oxygen atoms in total. The van der Waals surface area contributed by atoms with E-state index in [-0.39, 0.29) is 18.5 Å². The molecule has 388 valence electrons. The van der Waals surface area contributed by atoms with Crippen molar-refractivity contribution in [3.8, 4) is 0 Å². The van der Waals surface area contributed by atoms with E-state index in [2.05, 4.69) is 43.5 Å². The molecule has 66 heavy (non-hydrogen) atoms. The van der Waals surface area contributed by atoms with E-state index in [0.29, 0.717) is 19.4 Å². The molecule has 6 heteroatoms. The van der Waals surface area contributed by atoms with Crippen molar-refractivity contribution >= 4 is 11.9 Å². The second kappa shape index (κ2) is 55.7. The number of carbonyl (C=O) groups is 2. The van der Waals surface area contributed by atoms with E-state index in [1.54, 1.807) is 6.08 Å². The van der Waals surface area contributed by atoms with Crippen LogP contribution in [0.15, 0.2) is 36.5 Å². The van der Waals surface area contributed by atoms with Crippen molar-refractivity contribution in [3.05, 3.63) is 36.5 Å². The van der Waals surface area contributed by atoms with Gasteiger partial charge in [-0.2, -0.15) is 0 Å². The lowest BCUT2D eigenvalue weighted by Gasteiger charge is -2.20. The lowest BCUT2D eigenvalue weighted by atomic mass is 10.1. The molecule has 0 saturated heterocycles. The summed E-state index contributed by atoms with van der Waals surface area (Å²) < 4.78 is 5.49. The average molecular weight is 929 g/mol. The van der Waals surface area contributed by atoms with Crippen LogP contribution in [0.2, 0.25) is 0 Å². The molecule has 0 saturated carbocycles. The van der Waals surface area contributed by atoms with Crippen LogP contribution in [0.5, 0.6) is 0 Å². The Hall–Kier alpha value is -1.92. The van der Waals surface area contributed by atoms with Gasteiger partial charge in [0, 0.05) is 12.8 Å². The van der Waals surface area contributed by atoms with E-state index in [1.807, 2.05) is 6.08 Å². The fraction of sp³-hybridized carbons (Fsp3) is 0.867. The van der Waals surface area contributed by atoms with Crippen molar-refractivity contribution in [1.82, 2.24) is 5.32 Å². The van der Waals surface area contributed by atoms with Crippen LogP contribution in [0.4, 0.5) is 0 Å². The summed E-state index contributed by atoms with van der Waals surface area (Å²) in [6.07, 6.45) is 68.9. The number of allylic oxidation sites excluding steroid dienone is 5. The molecule has 1 amide bonds. The molecule has 0 radical (unpaired) electrons. The average Bonchev–Trinajstić information content (AvgIpc) is 3.32. The monoisotopic (exact) mass is 928 g/mol. The maximum Gasteiger partial charge on any atom is 0.305 e. The normalized spacial score (nSPS) is 12.8. The standard InChI is InChI=1S/C60H113NO5/c1-3-5-7-9-11-13-15-16-17-18-21-25-28-31-34-38-42-46-50-54-60(65)66-55-51-47-43-39-35-32-29-26-23-20-19-22-24-27-30-33-37-41-45-49-53-59(64)61-57(56-62)58(63)52-48-44-40-36-14-12-10-8-6-4-2/h16-17,19,22,48,52,57-58,62-63H,3-15,18,20-21,23-47,49-51,53-56H2,1-2H3,(H,61,64)/b17-16-,22-19-,52-48+. The summed E-state index contributed by atoms with van der Waals surface area (Å²) in [5.74, 6) is -0.0740. The van der Waals surface area contributed by atoms with Crippen LogP contribution in [-0.2, 0) is 14.3 Å². The molecule has 0 aliphatic heterocycles. The quantitative estimate of drug-likeness (QED) is 0.0321. The molecule has 0 aromatic heterocycles. The molecular weight excluding hydrogens is 815 g/mol. The molecule has 0 aromatic carbocycles. The summed E-state index contributed by atoms with van der Waals surface area (Å²) in [5.41, 5.74) is 0. The number of hydrogen-bond donors (Lipinski definition) is 3. The maximum absolute atomic E-state index is 12.4. The van der Waals surface area contributed by atoms with Gasteiger partial charge in [-0.15, -0.1) is 0 Å². The van der Waals surface area contributed by atoms with E-state index < -0.39 is 12.1 Å². The summed E-state index contributed by atoms with van der Waals surface area (Å²) >= 11 is 0. The number of aliphatic hydroxyl groups is 2. The molecule has 0 heterocycles. The number of hydrogen-bond acceptors (Lipinski definition) is 5. The third kappa shape index (κ3) is 51.5. The number of aliphatic hydroxyl groups excluding tert-OH is 2. The second-order valence-electron chi connectivity index (χ2n) is 20.0. The highest BCUT2D eigenvalue weighted by Crippen LogP contribution is 2.16. The summed E-state index contributed by atoms with van der Waals surface area (Å²) in [5, 5.41) is 23.0. The zero-order valence-corrected chi connectivity index (χ0v) is 44.2. The van der Waals surface area contributed by atoms with Crippen molar-refractivity contribution in [1.29, 1.82) is 0 Å². The van der Waals surface area contributed by atoms with Crippen LogP contribution >= 0.6 is 0 Å². The Labute approximate surface area is 411 Å². The third-order valence-electron chi connectivity index (χ3n) is 13.4. The van der Waals surface area contributed by atoms with Crippen LogP contribution in [0.1, 0.15) is 309 Å². The van der Waals surface area contributed by atoms with E-state index in [9.17, 15) is 19.8 Å². The number of carbonyl (C=O) groups excluding carboxylic acids is 2. The predicted octanol–water partition coefficient (Wildman–Crippen LogP) is 18.0. The van der Waals surface area contributed by atoms with Crippen LogP contribution in [0.3, 0.4) is 0 Å². The van der Waals surface area contributed by atoms with Gasteiger partial charge in [-0.3, -0.25) is 9.59 Å². The molecule has 0 aliphatic carbocycles. The molecule has 0 bridgehead atoms. The van der Waals surface area contributed by atoms with Gasteiger partial charge in [-0.05, 0) is 83.5 Å². The number of rotatable bonds is 54. The second-order valence-corrected chi connectivity index (χ2v) is 20.0. The SMILES string of the molecule is CCCCCCCC/C=C\CCCCCCCCCCCC(=O)OCCCCCCCCCCC/C=C\CCCCCCCCCC(=O)NC(CO)C(O)/C=C/CCCCCCCCCC. The van der Waals surface area contributed by atoms with Gasteiger partial charge in [0.1, 0.15) is 0 Å². The topological polar surface area (TPSA) is 95.9 Å². The van der Waals surface area contributed by atoms with Gasteiger partial charge in [-0.1, -0.05) is 249 Å². The molecule has 3 N–H and O–H groups in total. The predicted molar refractivity (Wildman–Crippen MR) is 287 cm³/mol. The minimum Gasteiger partial charge on any atom is -0.466 e. The van der Waals surface area contributed by atoms with Crippen LogP contribution in [0.25, 0.3) is 0 Å². The number of ether oxygens (including phenoxy) is 1. The Kier molecular flexibility index (Phi) is 54.1. The van der Waals surface area contributed by atoms with Gasteiger partial charge in [0.05, 0.1) is 25.4 Å². The van der Waals surface area contributed by atoms with Gasteiger partial charge in [0.2, 0.25) is 5.91 Å². The Morgan fingerprint density at radius 1 is 0.409 bits per heavy atom. The molecule has 0 aliphatic rings. The minimum absolute atomic E-state index is 0.00472. The summed E-state index contributed by atoms with van der Waals surface area (Å²) in [7, 11) is 0. The smallest absolute Gasteiger partial charge is 0.305 e. The highest BCUT2D eigenvalue weighted by Gasteiger charge is 2.18. The number of esters is 1. The minimum atomic E-state index is -0.848. The zero-order chi connectivity index (χ0) is 47.9. The first kappa shape index (κ1) is 64.1. The van der Waals surface area contributed by atoms with Crippen molar-refractivity contribution in [2.45, 2.75) is 321 Å². The van der Waals surface area contributed by atoms with Crippen LogP contribution in [0, 0.1) is 0 Å². The number of amides is 1. The van der Waals surface area contributed by atoms with Crippen LogP contribution in [-0.4, -0.2) is 47.4 Å². The first-order chi connectivity index (χ1) is 32.5. The third-order valence-corrected chi connectivity index (χ3v) is 13.4. The van der Waals surface area contributed by atoms with E-state index in [4.69, 9.17) is 4.74 Å². The van der Waals surface area contributed by atoms with Gasteiger partial charge >= 0.3 is 5.97 Å². The molecule has 0 rings (SSSR count). The van der Waals surface area contributed by atoms with Gasteiger partial charge in [0.25, 0.3) is 0 Å². The van der Waals surface area contributed by atoms with Crippen molar-refractivity contribution < 1.29 is 24.5 Å². The van der Waals surface area contributed by atoms with E-state index in [1.165, 1.54) is 231 Å². The van der Waals surface area contributed by atoms with E-state index >= 15 is 0 Å². The molecular formula is C60H113NO5. The Balaban J connectivity index is 3.41. The zero-order valence-electron chi connectivity index (χ0n) is 44.2. The molecule has 0 fully saturated rings. The number of nitrogens with one attached hydrogen (secondary N) is 1. The summed E-state index contributed by atoms with van der Waals surface area (Å²) in [6, 6.07) is -0.633. The summed E-state index contributed by atoms with van der Waals surface area (Å²) in [6.45, 7) is 4.87. The highest BCUT2D eigenvalue weighted by molar-refractivity contribution is 5.76. The van der Waals surface area contributed by atoms with Gasteiger partial charge in [-0.25, -0.2) is 0 Å². The van der Waals surface area contributed by atoms with Gasteiger partial charge < -0.3 is 20.3 Å². The fourth-order valence-electron chi connectivity index (χ4n) is 8.86. The Morgan fingerprint density at radius 2 is 0.712 bits per heavy atom. The van der Waals surface area contributed by atoms with Crippen molar-refractivity contribution in [2.75, 3.05) is 13.2 Å². The lowest BCUT2D eigenvalue weighted by Crippen LogP contribution is -2.45. The van der Waals surface area contributed by atoms with Gasteiger partial charge in [0.15, 0.2) is 0 Å². The molecule has 2 atom stereocenters.